The van der Waals surface area contributed by atoms with Gasteiger partial charge in [-0.15, -0.1) is 0 Å². The lowest BCUT2D eigenvalue weighted by molar-refractivity contribution is 1.17. The number of hydrogen-bond donors (Lipinski definition) is 1. The second kappa shape index (κ2) is 2.02. The minimum atomic E-state index is 0.0983. The lowest BCUT2D eigenvalue weighted by atomic mass is 10.6. The second-order valence-electron chi connectivity index (χ2n) is 1.71. The first-order valence-corrected chi connectivity index (χ1v) is 3.39. The lowest BCUT2D eigenvalue weighted by Crippen LogP contribution is -1.80. The maximum absolute atomic E-state index is 7.16. The number of hydrogen-bond acceptors (Lipinski definition) is 3. The van der Waals surface area contributed by atoms with E-state index in [9.17, 15) is 0 Å². The Labute approximate surface area is 66.3 Å². The zero-order chi connectivity index (χ0) is 7.84. The third-order valence-electron chi connectivity index (χ3n) is 1.12. The minimum absolute atomic E-state index is 0.0983. The molecule has 0 aliphatic carbocycles. The third-order valence-corrected chi connectivity index (χ3v) is 1.72. The van der Waals surface area contributed by atoms with Crippen molar-refractivity contribution in [2.24, 2.45) is 0 Å². The smallest absolute Gasteiger partial charge is 0.181 e. The Hall–Kier alpha value is -0.970. The van der Waals surface area contributed by atoms with E-state index >= 15 is 0 Å². The standard InChI is InChI=1S/C5H3BrN4/c6-4-3-5(9-1-7-3)10-2-8-4/h1-2H,(H,7,8,9,10)/i1D. The molecular weight excluding hydrogens is 196 g/mol. The molecule has 0 saturated carbocycles. The van der Waals surface area contributed by atoms with Crippen molar-refractivity contribution in [1.29, 1.82) is 0 Å². The van der Waals surface area contributed by atoms with Crippen molar-refractivity contribution in [2.75, 3.05) is 0 Å². The van der Waals surface area contributed by atoms with Gasteiger partial charge in [-0.05, 0) is 15.9 Å². The molecule has 0 fully saturated rings. The van der Waals surface area contributed by atoms with Crippen molar-refractivity contribution < 1.29 is 1.37 Å². The van der Waals surface area contributed by atoms with E-state index in [0.717, 1.165) is 0 Å². The van der Waals surface area contributed by atoms with Crippen molar-refractivity contribution in [3.05, 3.63) is 17.2 Å². The molecule has 0 spiro atoms. The first-order valence-electron chi connectivity index (χ1n) is 3.10. The van der Waals surface area contributed by atoms with Gasteiger partial charge in [0.2, 0.25) is 0 Å². The van der Waals surface area contributed by atoms with Crippen LogP contribution in [0.25, 0.3) is 11.2 Å². The second-order valence-corrected chi connectivity index (χ2v) is 2.46. The van der Waals surface area contributed by atoms with Crippen LogP contribution in [0.15, 0.2) is 17.2 Å². The summed E-state index contributed by atoms with van der Waals surface area (Å²) in [7, 11) is 0. The number of imidazole rings is 1. The van der Waals surface area contributed by atoms with E-state index in [4.69, 9.17) is 1.37 Å². The van der Waals surface area contributed by atoms with E-state index < -0.39 is 0 Å². The van der Waals surface area contributed by atoms with Crippen LogP contribution in [0.1, 0.15) is 1.37 Å². The number of nitrogens with zero attached hydrogens (tertiary/aromatic N) is 3. The van der Waals surface area contributed by atoms with Gasteiger partial charge in [-0.3, -0.25) is 0 Å². The van der Waals surface area contributed by atoms with Crippen LogP contribution in [0.3, 0.4) is 0 Å². The van der Waals surface area contributed by atoms with Gasteiger partial charge in [-0.25, -0.2) is 15.0 Å². The monoisotopic (exact) mass is 199 g/mol. The normalized spacial score (nSPS) is 11.9. The Morgan fingerprint density at radius 3 is 3.20 bits per heavy atom. The quantitative estimate of drug-likeness (QED) is 0.648. The lowest BCUT2D eigenvalue weighted by Gasteiger charge is -1.87. The molecule has 0 radical (unpaired) electrons. The van der Waals surface area contributed by atoms with Crippen LogP contribution in [-0.2, 0) is 0 Å². The number of halogens is 1. The molecule has 1 N–H and O–H groups in total. The molecule has 10 heavy (non-hydrogen) atoms. The molecule has 2 aromatic rings. The highest BCUT2D eigenvalue weighted by atomic mass is 79.9. The third kappa shape index (κ3) is 0.706. The Balaban J connectivity index is 2.90. The van der Waals surface area contributed by atoms with Crippen LogP contribution >= 0.6 is 15.9 Å². The number of aromatic amines is 1. The predicted molar refractivity (Wildman–Crippen MR) is 39.4 cm³/mol. The highest BCUT2D eigenvalue weighted by Gasteiger charge is 1.99. The average Bonchev–Trinajstić information content (AvgIpc) is 2.31. The molecule has 0 atom stereocenters. The molecular formula is C5H3BrN4. The molecule has 0 aromatic carbocycles. The minimum Gasteiger partial charge on any atom is -0.341 e. The van der Waals surface area contributed by atoms with Crippen molar-refractivity contribution >= 4 is 27.1 Å². The highest BCUT2D eigenvalue weighted by Crippen LogP contribution is 2.14. The van der Waals surface area contributed by atoms with Crippen molar-refractivity contribution in [2.45, 2.75) is 0 Å². The van der Waals surface area contributed by atoms with Crippen LogP contribution in [0.4, 0.5) is 0 Å². The molecule has 0 aliphatic rings. The summed E-state index contributed by atoms with van der Waals surface area (Å²) >= 11 is 3.20. The summed E-state index contributed by atoms with van der Waals surface area (Å²) in [6, 6.07) is 0. The van der Waals surface area contributed by atoms with Gasteiger partial charge in [-0.2, -0.15) is 0 Å². The van der Waals surface area contributed by atoms with E-state index in [2.05, 4.69) is 35.9 Å². The van der Waals surface area contributed by atoms with Gasteiger partial charge >= 0.3 is 0 Å². The van der Waals surface area contributed by atoms with Crippen LogP contribution in [0.2, 0.25) is 0 Å². The fraction of sp³-hybridized carbons (Fsp3) is 0. The molecule has 0 aliphatic heterocycles. The summed E-state index contributed by atoms with van der Waals surface area (Å²) in [4.78, 5) is 14.2. The van der Waals surface area contributed by atoms with E-state index in [0.29, 0.717) is 15.8 Å². The van der Waals surface area contributed by atoms with Crippen LogP contribution in [0.5, 0.6) is 0 Å². The van der Waals surface area contributed by atoms with E-state index in [1.165, 1.54) is 6.33 Å². The van der Waals surface area contributed by atoms with E-state index in [1.54, 1.807) is 0 Å². The molecule has 2 aromatic heterocycles. The fourth-order valence-electron chi connectivity index (χ4n) is 0.685. The number of rotatable bonds is 0. The van der Waals surface area contributed by atoms with Crippen LogP contribution in [-0.4, -0.2) is 19.9 Å². The number of fused-ring (bicyclic) bond motifs is 1. The molecule has 2 rings (SSSR count). The maximum atomic E-state index is 7.16. The summed E-state index contributed by atoms with van der Waals surface area (Å²) in [6.45, 7) is 0. The topological polar surface area (TPSA) is 54.5 Å². The van der Waals surface area contributed by atoms with Gasteiger partial charge < -0.3 is 4.98 Å². The Bertz CT molecular complexity index is 398. The van der Waals surface area contributed by atoms with Crippen LogP contribution < -0.4 is 0 Å². The number of nitrogens with one attached hydrogen (secondary N) is 1. The maximum Gasteiger partial charge on any atom is 0.181 e. The van der Waals surface area contributed by atoms with Gasteiger partial charge in [0.05, 0.1) is 6.30 Å². The summed E-state index contributed by atoms with van der Waals surface area (Å²) < 4.78 is 7.80. The highest BCUT2D eigenvalue weighted by molar-refractivity contribution is 9.10. The molecule has 0 bridgehead atoms. The van der Waals surface area contributed by atoms with E-state index in [1.807, 2.05) is 0 Å². The first kappa shape index (κ1) is 4.79. The molecule has 50 valence electrons. The average molecular weight is 200 g/mol. The van der Waals surface area contributed by atoms with Gasteiger partial charge in [0.15, 0.2) is 5.65 Å². The van der Waals surface area contributed by atoms with E-state index in [-0.39, 0.29) is 6.30 Å². The van der Waals surface area contributed by atoms with Gasteiger partial charge in [0, 0.05) is 0 Å². The largest absolute Gasteiger partial charge is 0.341 e. The zero-order valence-corrected chi connectivity index (χ0v) is 6.38. The SMILES string of the molecule is [2H]c1nc2ncnc(Br)c2[nH]1. The molecule has 0 amide bonds. The molecule has 0 saturated heterocycles. The number of aromatic nitrogens is 4. The molecule has 2 heterocycles. The Morgan fingerprint density at radius 1 is 1.50 bits per heavy atom. The zero-order valence-electron chi connectivity index (χ0n) is 5.80. The number of H-pyrrole nitrogens is 1. The Morgan fingerprint density at radius 2 is 2.40 bits per heavy atom. The van der Waals surface area contributed by atoms with Gasteiger partial charge in [0.1, 0.15) is 17.8 Å². The van der Waals surface area contributed by atoms with Crippen LogP contribution in [0, 0.1) is 0 Å². The summed E-state index contributed by atoms with van der Waals surface area (Å²) in [6.07, 6.45) is 1.49. The summed E-state index contributed by atoms with van der Waals surface area (Å²) in [5.41, 5.74) is 1.18. The summed E-state index contributed by atoms with van der Waals surface area (Å²) in [5.74, 6) is 0. The first-order chi connectivity index (χ1) is 5.27. The molecule has 5 heteroatoms. The molecule has 0 unspecified atom stereocenters. The van der Waals surface area contributed by atoms with Gasteiger partial charge in [-0.1, -0.05) is 0 Å². The Kier molecular flexibility index (Phi) is 0.965. The van der Waals surface area contributed by atoms with Crippen molar-refractivity contribution in [1.82, 2.24) is 19.9 Å². The fourth-order valence-corrected chi connectivity index (χ4v) is 1.05. The molecule has 4 nitrogen and oxygen atoms in total. The van der Waals surface area contributed by atoms with Gasteiger partial charge in [0.25, 0.3) is 0 Å². The van der Waals surface area contributed by atoms with Crippen molar-refractivity contribution in [3.8, 4) is 0 Å². The predicted octanol–water partition coefficient (Wildman–Crippen LogP) is 1.12. The van der Waals surface area contributed by atoms with Crippen molar-refractivity contribution in [3.63, 3.8) is 0 Å². The summed E-state index contributed by atoms with van der Waals surface area (Å²) in [5, 5.41) is 0.